The van der Waals surface area contributed by atoms with Gasteiger partial charge in [-0.05, 0) is 24.7 Å². The summed E-state index contributed by atoms with van der Waals surface area (Å²) in [6.07, 6.45) is 6.51. The van der Waals surface area contributed by atoms with Crippen LogP contribution in [0.1, 0.15) is 32.3 Å². The van der Waals surface area contributed by atoms with Gasteiger partial charge in [0.1, 0.15) is 0 Å². The molecule has 2 unspecified atom stereocenters. The molecule has 0 saturated carbocycles. The second-order valence-corrected chi connectivity index (χ2v) is 6.69. The Balaban J connectivity index is 1.58. The largest absolute Gasteiger partial charge is 0.373 e. The molecule has 0 radical (unpaired) electrons. The van der Waals surface area contributed by atoms with Gasteiger partial charge in [0, 0.05) is 38.4 Å². The van der Waals surface area contributed by atoms with E-state index in [1.54, 1.807) is 0 Å². The van der Waals surface area contributed by atoms with E-state index in [1.165, 1.54) is 18.4 Å². The van der Waals surface area contributed by atoms with Crippen LogP contribution in [0.15, 0.2) is 12.4 Å². The summed E-state index contributed by atoms with van der Waals surface area (Å²) in [5.74, 6) is 1.49. The van der Waals surface area contributed by atoms with Crippen LogP contribution in [0, 0.1) is 11.8 Å². The molecule has 3 rings (SSSR count). The number of nitrogens with zero attached hydrogens (tertiary/aromatic N) is 3. The average molecular weight is 263 g/mol. The molecule has 1 aromatic rings. The fourth-order valence-electron chi connectivity index (χ4n) is 3.47. The first-order valence-corrected chi connectivity index (χ1v) is 7.40. The lowest BCUT2D eigenvalue weighted by Gasteiger charge is -2.23. The van der Waals surface area contributed by atoms with Gasteiger partial charge in [-0.25, -0.2) is 0 Å². The lowest BCUT2D eigenvalue weighted by molar-refractivity contribution is 0.0106. The maximum Gasteiger partial charge on any atom is 0.0824 e. The zero-order chi connectivity index (χ0) is 13.5. The topological polar surface area (TPSA) is 30.3 Å². The Bertz CT molecular complexity index is 442. The zero-order valence-electron chi connectivity index (χ0n) is 12.3. The summed E-state index contributed by atoms with van der Waals surface area (Å²) in [7, 11) is 1.97. The maximum atomic E-state index is 6.19. The molecule has 0 aromatic carbocycles. The molecular formula is C15H25N3O. The van der Waals surface area contributed by atoms with E-state index in [0.29, 0.717) is 0 Å². The first kappa shape index (κ1) is 13.1. The first-order valence-electron chi connectivity index (χ1n) is 7.40. The molecule has 2 aliphatic rings. The number of hydrogen-bond acceptors (Lipinski definition) is 3. The summed E-state index contributed by atoms with van der Waals surface area (Å²) < 4.78 is 8.06. The molecule has 0 N–H and O–H groups in total. The summed E-state index contributed by atoms with van der Waals surface area (Å²) >= 11 is 0. The van der Waals surface area contributed by atoms with Crippen molar-refractivity contribution in [3.8, 4) is 0 Å². The van der Waals surface area contributed by atoms with Crippen molar-refractivity contribution in [1.82, 2.24) is 14.7 Å². The van der Waals surface area contributed by atoms with Crippen LogP contribution in [0.2, 0.25) is 0 Å². The van der Waals surface area contributed by atoms with E-state index in [1.807, 2.05) is 17.9 Å². The normalized spacial score (nSPS) is 31.9. The highest BCUT2D eigenvalue weighted by Crippen LogP contribution is 2.40. The van der Waals surface area contributed by atoms with Crippen LogP contribution in [0.25, 0.3) is 0 Å². The Hall–Kier alpha value is -0.870. The van der Waals surface area contributed by atoms with Crippen molar-refractivity contribution < 1.29 is 4.74 Å². The zero-order valence-corrected chi connectivity index (χ0v) is 12.3. The third kappa shape index (κ3) is 2.70. The van der Waals surface area contributed by atoms with Gasteiger partial charge in [0.2, 0.25) is 0 Å². The highest BCUT2D eigenvalue weighted by Gasteiger charge is 2.45. The van der Waals surface area contributed by atoms with Crippen LogP contribution in [0.5, 0.6) is 0 Å². The Morgan fingerprint density at radius 2 is 2.37 bits per heavy atom. The SMILES string of the molecule is CC(C)C1COC2(CCN(Cc3cnn(C)c3)C2)C1. The summed E-state index contributed by atoms with van der Waals surface area (Å²) in [6.45, 7) is 8.83. The quantitative estimate of drug-likeness (QED) is 0.836. The van der Waals surface area contributed by atoms with Gasteiger partial charge in [0.25, 0.3) is 0 Å². The summed E-state index contributed by atoms with van der Waals surface area (Å²) in [6, 6.07) is 0. The number of aromatic nitrogens is 2. The standard InChI is InChI=1S/C15H25N3O/c1-12(2)14-6-15(19-10-14)4-5-18(11-15)9-13-7-16-17(3)8-13/h7-8,12,14H,4-6,9-11H2,1-3H3. The van der Waals surface area contributed by atoms with Gasteiger partial charge in [0.05, 0.1) is 18.4 Å². The Morgan fingerprint density at radius 3 is 3.00 bits per heavy atom. The van der Waals surface area contributed by atoms with Crippen LogP contribution >= 0.6 is 0 Å². The summed E-state index contributed by atoms with van der Waals surface area (Å²) in [4.78, 5) is 2.51. The Kier molecular flexibility index (Phi) is 3.39. The number of aryl methyl sites for hydroxylation is 1. The molecule has 2 saturated heterocycles. The van der Waals surface area contributed by atoms with Crippen molar-refractivity contribution >= 4 is 0 Å². The second-order valence-electron chi connectivity index (χ2n) is 6.69. The molecule has 0 amide bonds. The molecule has 0 bridgehead atoms. The smallest absolute Gasteiger partial charge is 0.0824 e. The molecular weight excluding hydrogens is 238 g/mol. The van der Waals surface area contributed by atoms with E-state index in [9.17, 15) is 0 Å². The lowest BCUT2D eigenvalue weighted by atomic mass is 9.87. The van der Waals surface area contributed by atoms with Crippen LogP contribution in [0.3, 0.4) is 0 Å². The predicted molar refractivity (Wildman–Crippen MR) is 74.7 cm³/mol. The molecule has 0 aliphatic carbocycles. The minimum atomic E-state index is 0.150. The van der Waals surface area contributed by atoms with E-state index >= 15 is 0 Å². The van der Waals surface area contributed by atoms with Crippen molar-refractivity contribution in [3.63, 3.8) is 0 Å². The number of likely N-dealkylation sites (tertiary alicyclic amines) is 1. The van der Waals surface area contributed by atoms with E-state index < -0.39 is 0 Å². The van der Waals surface area contributed by atoms with Crippen molar-refractivity contribution in [2.45, 2.75) is 38.8 Å². The molecule has 3 heterocycles. The van der Waals surface area contributed by atoms with Crippen LogP contribution in [-0.2, 0) is 18.3 Å². The molecule has 1 spiro atoms. The minimum Gasteiger partial charge on any atom is -0.373 e. The van der Waals surface area contributed by atoms with Crippen LogP contribution in [-0.4, -0.2) is 40.0 Å². The molecule has 2 fully saturated rings. The van der Waals surface area contributed by atoms with Gasteiger partial charge in [-0.2, -0.15) is 5.10 Å². The number of rotatable bonds is 3. The third-order valence-corrected chi connectivity index (χ3v) is 4.74. The van der Waals surface area contributed by atoms with Gasteiger partial charge >= 0.3 is 0 Å². The van der Waals surface area contributed by atoms with Crippen molar-refractivity contribution in [3.05, 3.63) is 18.0 Å². The third-order valence-electron chi connectivity index (χ3n) is 4.74. The molecule has 4 heteroatoms. The van der Waals surface area contributed by atoms with Crippen molar-refractivity contribution in [2.75, 3.05) is 19.7 Å². The summed E-state index contributed by atoms with van der Waals surface area (Å²) in [5, 5.41) is 4.24. The van der Waals surface area contributed by atoms with Crippen molar-refractivity contribution in [1.29, 1.82) is 0 Å². The lowest BCUT2D eigenvalue weighted by Crippen LogP contribution is -2.32. The molecule has 2 aliphatic heterocycles. The van der Waals surface area contributed by atoms with Crippen LogP contribution < -0.4 is 0 Å². The predicted octanol–water partition coefficient (Wildman–Crippen LogP) is 2.06. The Labute approximate surface area is 115 Å². The fourth-order valence-corrected chi connectivity index (χ4v) is 3.47. The first-order chi connectivity index (χ1) is 9.06. The minimum absolute atomic E-state index is 0.150. The van der Waals surface area contributed by atoms with Gasteiger partial charge in [-0.3, -0.25) is 9.58 Å². The molecule has 1 aromatic heterocycles. The van der Waals surface area contributed by atoms with E-state index in [4.69, 9.17) is 4.74 Å². The van der Waals surface area contributed by atoms with Gasteiger partial charge in [0.15, 0.2) is 0 Å². The molecule has 19 heavy (non-hydrogen) atoms. The number of ether oxygens (including phenoxy) is 1. The van der Waals surface area contributed by atoms with Gasteiger partial charge in [-0.15, -0.1) is 0 Å². The molecule has 2 atom stereocenters. The highest BCUT2D eigenvalue weighted by molar-refractivity contribution is 5.06. The van der Waals surface area contributed by atoms with E-state index in [0.717, 1.165) is 38.1 Å². The molecule has 106 valence electrons. The second kappa shape index (κ2) is 4.91. The van der Waals surface area contributed by atoms with E-state index in [-0.39, 0.29) is 5.60 Å². The van der Waals surface area contributed by atoms with Gasteiger partial charge in [-0.1, -0.05) is 13.8 Å². The van der Waals surface area contributed by atoms with Gasteiger partial charge < -0.3 is 4.74 Å². The fraction of sp³-hybridized carbons (Fsp3) is 0.800. The Morgan fingerprint density at radius 1 is 1.53 bits per heavy atom. The summed E-state index contributed by atoms with van der Waals surface area (Å²) in [5.41, 5.74) is 1.45. The van der Waals surface area contributed by atoms with Crippen LogP contribution in [0.4, 0.5) is 0 Å². The molecule has 4 nitrogen and oxygen atoms in total. The monoisotopic (exact) mass is 263 g/mol. The maximum absolute atomic E-state index is 6.19. The van der Waals surface area contributed by atoms with E-state index in [2.05, 4.69) is 30.0 Å². The van der Waals surface area contributed by atoms with Crippen molar-refractivity contribution in [2.24, 2.45) is 18.9 Å². The highest BCUT2D eigenvalue weighted by atomic mass is 16.5. The number of hydrogen-bond donors (Lipinski definition) is 0. The average Bonchev–Trinajstić information content (AvgIpc) is 3.04.